The largest absolute Gasteiger partial charge is 0.477 e. The van der Waals surface area contributed by atoms with Gasteiger partial charge in [-0.05, 0) is 50.4 Å². The van der Waals surface area contributed by atoms with Crippen LogP contribution in [-0.2, 0) is 18.8 Å². The van der Waals surface area contributed by atoms with Crippen LogP contribution in [0.1, 0.15) is 47.5 Å². The number of nitrogens with zero attached hydrogens (tertiary/aromatic N) is 2. The molecule has 0 spiro atoms. The Hall–Kier alpha value is -2.13. The van der Waals surface area contributed by atoms with Crippen LogP contribution < -0.4 is 0 Å². The Morgan fingerprint density at radius 3 is 2.52 bits per heavy atom. The molecule has 0 saturated carbocycles. The van der Waals surface area contributed by atoms with E-state index in [1.807, 2.05) is 13.8 Å². The first-order valence-electron chi connectivity index (χ1n) is 11.7. The Morgan fingerprint density at radius 2 is 1.97 bits per heavy atom. The molecule has 0 aromatic heterocycles. The van der Waals surface area contributed by atoms with E-state index in [1.54, 1.807) is 4.90 Å². The number of β-lactam (4-membered cyclic amide) rings is 1. The molecule has 0 aromatic carbocycles. The lowest BCUT2D eigenvalue weighted by molar-refractivity contribution is -0.160. The lowest BCUT2D eigenvalue weighted by Gasteiger charge is -2.48. The van der Waals surface area contributed by atoms with Gasteiger partial charge in [-0.3, -0.25) is 4.79 Å². The summed E-state index contributed by atoms with van der Waals surface area (Å²) in [6.07, 6.45) is 1.97. The molecule has 0 bridgehead atoms. The maximum Gasteiger partial charge on any atom is 0.410 e. The van der Waals surface area contributed by atoms with E-state index in [0.717, 1.165) is 5.57 Å². The Morgan fingerprint density at radius 1 is 1.33 bits per heavy atom. The van der Waals surface area contributed by atoms with E-state index in [4.69, 9.17) is 9.16 Å². The topological polar surface area (TPSA) is 96.4 Å². The maximum absolute atomic E-state index is 13.1. The van der Waals surface area contributed by atoms with Crippen LogP contribution in [0.2, 0.25) is 18.1 Å². The van der Waals surface area contributed by atoms with E-state index in [1.165, 1.54) is 11.0 Å². The highest BCUT2D eigenvalue weighted by molar-refractivity contribution is 6.74. The molecule has 5 atom stereocenters. The molecular formula is C24H38N2O6Si. The second-order valence-electron chi connectivity index (χ2n) is 11.1. The molecule has 33 heavy (non-hydrogen) atoms. The molecule has 0 aromatic rings. The zero-order valence-corrected chi connectivity index (χ0v) is 21.9. The fourth-order valence-electron chi connectivity index (χ4n) is 5.12. The normalized spacial score (nSPS) is 28.5. The number of fused-ring (bicyclic) bond motifs is 1. The zero-order chi connectivity index (χ0) is 24.9. The first-order chi connectivity index (χ1) is 15.2. The van der Waals surface area contributed by atoms with Crippen molar-refractivity contribution in [3.8, 4) is 0 Å². The van der Waals surface area contributed by atoms with Crippen molar-refractivity contribution in [2.75, 3.05) is 13.2 Å². The number of amides is 2. The molecule has 0 aliphatic carbocycles. The molecule has 2 fully saturated rings. The van der Waals surface area contributed by atoms with Crippen molar-refractivity contribution >= 4 is 26.3 Å². The van der Waals surface area contributed by atoms with E-state index in [2.05, 4.69) is 40.4 Å². The predicted octanol–water partition coefficient (Wildman–Crippen LogP) is 4.00. The van der Waals surface area contributed by atoms with Gasteiger partial charge in [0, 0.05) is 18.5 Å². The summed E-state index contributed by atoms with van der Waals surface area (Å²) in [5.74, 6) is -1.72. The van der Waals surface area contributed by atoms with Crippen molar-refractivity contribution in [2.24, 2.45) is 11.8 Å². The van der Waals surface area contributed by atoms with Crippen LogP contribution >= 0.6 is 0 Å². The molecule has 3 aliphatic heterocycles. The predicted molar refractivity (Wildman–Crippen MR) is 127 cm³/mol. The van der Waals surface area contributed by atoms with Gasteiger partial charge in [0.05, 0.1) is 18.1 Å². The van der Waals surface area contributed by atoms with Crippen LogP contribution in [0.25, 0.3) is 0 Å². The minimum atomic E-state index is -2.08. The standard InChI is InChI=1S/C24H38N2O6Si/c1-9-10-31-23(30)25-13-16(11-14(25)2)17-12-18-19(21(27)26(18)20(17)22(28)29)15(3)32-33(7,8)24(4,5)6/h9,14-16,18-19H,1,10-13H2,2-8H3,(H,28,29)/t14-,15-,16?,18-,19-/m1/s1. The second-order valence-corrected chi connectivity index (χ2v) is 15.8. The number of likely N-dealkylation sites (tertiary alicyclic amines) is 1. The number of rotatable bonds is 7. The molecule has 1 N–H and O–H groups in total. The van der Waals surface area contributed by atoms with Crippen molar-refractivity contribution in [3.63, 3.8) is 0 Å². The molecule has 2 saturated heterocycles. The van der Waals surface area contributed by atoms with Crippen LogP contribution in [0, 0.1) is 11.8 Å². The molecule has 2 amide bonds. The van der Waals surface area contributed by atoms with E-state index in [0.29, 0.717) is 19.4 Å². The van der Waals surface area contributed by atoms with Gasteiger partial charge in [0.1, 0.15) is 12.3 Å². The number of ether oxygens (including phenoxy) is 1. The molecule has 184 valence electrons. The van der Waals surface area contributed by atoms with Crippen LogP contribution in [0.15, 0.2) is 23.9 Å². The van der Waals surface area contributed by atoms with Crippen molar-refractivity contribution in [1.29, 1.82) is 0 Å². The Balaban J connectivity index is 1.77. The minimum absolute atomic E-state index is 0.0166. The highest BCUT2D eigenvalue weighted by atomic mass is 28.4. The summed E-state index contributed by atoms with van der Waals surface area (Å²) in [6, 6.07) is -0.272. The SMILES string of the molecule is C=CCOC(=O)N1CC(C2=C(C(=O)O)N3C(=O)[C@H]([C@@H](C)O[Si](C)(C)C(C)(C)C)[C@H]3C2)C[C@H]1C. The third-order valence-electron chi connectivity index (χ3n) is 7.86. The van der Waals surface area contributed by atoms with E-state index in [-0.39, 0.29) is 53.3 Å². The van der Waals surface area contributed by atoms with Gasteiger partial charge < -0.3 is 24.1 Å². The summed E-state index contributed by atoms with van der Waals surface area (Å²) >= 11 is 0. The Bertz CT molecular complexity index is 877. The fourth-order valence-corrected chi connectivity index (χ4v) is 6.55. The van der Waals surface area contributed by atoms with Crippen LogP contribution in [0.4, 0.5) is 4.79 Å². The minimum Gasteiger partial charge on any atom is -0.477 e. The number of carboxylic acids is 1. The van der Waals surface area contributed by atoms with E-state index in [9.17, 15) is 19.5 Å². The van der Waals surface area contributed by atoms with Crippen LogP contribution in [0.3, 0.4) is 0 Å². The average Bonchev–Trinajstić information content (AvgIpc) is 3.23. The van der Waals surface area contributed by atoms with Crippen molar-refractivity contribution in [1.82, 2.24) is 9.80 Å². The monoisotopic (exact) mass is 478 g/mol. The molecular weight excluding hydrogens is 440 g/mol. The fraction of sp³-hybridized carbons (Fsp3) is 0.708. The van der Waals surface area contributed by atoms with Gasteiger partial charge in [-0.1, -0.05) is 33.4 Å². The Kier molecular flexibility index (Phi) is 6.88. The summed E-state index contributed by atoms with van der Waals surface area (Å²) < 4.78 is 11.7. The molecule has 1 unspecified atom stereocenters. The van der Waals surface area contributed by atoms with Crippen LogP contribution in [-0.4, -0.2) is 72.5 Å². The first kappa shape index (κ1) is 25.5. The number of aliphatic carboxylic acids is 1. The second kappa shape index (κ2) is 8.90. The van der Waals surface area contributed by atoms with Crippen LogP contribution in [0.5, 0.6) is 0 Å². The van der Waals surface area contributed by atoms with E-state index >= 15 is 0 Å². The van der Waals surface area contributed by atoms with Crippen molar-refractivity contribution in [3.05, 3.63) is 23.9 Å². The molecule has 9 heteroatoms. The molecule has 3 rings (SSSR count). The summed E-state index contributed by atoms with van der Waals surface area (Å²) in [6.45, 7) is 18.7. The lowest BCUT2D eigenvalue weighted by atomic mass is 9.81. The van der Waals surface area contributed by atoms with Gasteiger partial charge in [-0.15, -0.1) is 0 Å². The number of carboxylic acid groups (broad SMARTS) is 1. The quantitative estimate of drug-likeness (QED) is 0.338. The van der Waals surface area contributed by atoms with Gasteiger partial charge in [0.25, 0.3) is 0 Å². The Labute approximate surface area is 197 Å². The molecule has 0 radical (unpaired) electrons. The average molecular weight is 479 g/mol. The maximum atomic E-state index is 13.1. The number of hydrogen-bond donors (Lipinski definition) is 1. The first-order valence-corrected chi connectivity index (χ1v) is 14.6. The van der Waals surface area contributed by atoms with Gasteiger partial charge >= 0.3 is 12.1 Å². The third kappa shape index (κ3) is 4.49. The number of carbonyl (C=O) groups is 3. The smallest absolute Gasteiger partial charge is 0.410 e. The number of carbonyl (C=O) groups excluding carboxylic acids is 2. The van der Waals surface area contributed by atoms with Crippen molar-refractivity contribution < 1.29 is 28.7 Å². The summed E-state index contributed by atoms with van der Waals surface area (Å²) in [5, 5.41) is 9.98. The van der Waals surface area contributed by atoms with Gasteiger partial charge in [-0.2, -0.15) is 0 Å². The zero-order valence-electron chi connectivity index (χ0n) is 20.9. The van der Waals surface area contributed by atoms with E-state index < -0.39 is 20.4 Å². The lowest BCUT2D eigenvalue weighted by Crippen LogP contribution is -2.63. The summed E-state index contributed by atoms with van der Waals surface area (Å²) in [5.41, 5.74) is 0.855. The third-order valence-corrected chi connectivity index (χ3v) is 12.4. The molecule has 3 heterocycles. The van der Waals surface area contributed by atoms with Gasteiger partial charge in [-0.25, -0.2) is 9.59 Å². The summed E-state index contributed by atoms with van der Waals surface area (Å²) in [4.78, 5) is 40.8. The van der Waals surface area contributed by atoms with Crippen molar-refractivity contribution in [2.45, 2.75) is 83.8 Å². The van der Waals surface area contributed by atoms with Gasteiger partial charge in [0.2, 0.25) is 5.91 Å². The highest BCUT2D eigenvalue weighted by Gasteiger charge is 2.59. The molecule has 8 nitrogen and oxygen atoms in total. The molecule has 3 aliphatic rings. The summed E-state index contributed by atoms with van der Waals surface area (Å²) in [7, 11) is -2.08. The van der Waals surface area contributed by atoms with Gasteiger partial charge in [0.15, 0.2) is 8.32 Å². The highest BCUT2D eigenvalue weighted by Crippen LogP contribution is 2.49. The number of hydrogen-bond acceptors (Lipinski definition) is 5.